The molecule has 0 spiro atoms. The zero-order chi connectivity index (χ0) is 21.6. The fraction of sp³-hybridized carbons (Fsp3) is 0.238. The first kappa shape index (κ1) is 20.0. The van der Waals surface area contributed by atoms with Crippen molar-refractivity contribution < 1.29 is 23.1 Å². The Labute approximate surface area is 169 Å². The van der Waals surface area contributed by atoms with E-state index in [4.69, 9.17) is 0 Å². The van der Waals surface area contributed by atoms with Crippen LogP contribution in [0.4, 0.5) is 18.9 Å². The van der Waals surface area contributed by atoms with Crippen LogP contribution < -0.4 is 15.6 Å². The number of benzene rings is 2. The number of carboxylic acid groups (broad SMARTS) is 1. The van der Waals surface area contributed by atoms with Gasteiger partial charge in [-0.05, 0) is 31.2 Å². The highest BCUT2D eigenvalue weighted by Crippen LogP contribution is 2.29. The third-order valence-corrected chi connectivity index (χ3v) is 5.28. The van der Waals surface area contributed by atoms with Gasteiger partial charge in [-0.2, -0.15) is 0 Å². The van der Waals surface area contributed by atoms with E-state index in [1.54, 1.807) is 0 Å². The van der Waals surface area contributed by atoms with Crippen LogP contribution in [-0.4, -0.2) is 41.3 Å². The highest BCUT2D eigenvalue weighted by atomic mass is 19.1. The first-order valence-corrected chi connectivity index (χ1v) is 9.33. The van der Waals surface area contributed by atoms with Gasteiger partial charge in [0.05, 0.1) is 16.9 Å². The molecule has 0 amide bonds. The third kappa shape index (κ3) is 3.30. The van der Waals surface area contributed by atoms with Crippen LogP contribution in [0.5, 0.6) is 0 Å². The average molecular weight is 417 g/mol. The molecule has 4 rings (SSSR count). The number of piperazine rings is 1. The minimum absolute atomic E-state index is 0.0354. The molecule has 1 fully saturated rings. The van der Waals surface area contributed by atoms with Gasteiger partial charge in [0, 0.05) is 43.3 Å². The minimum Gasteiger partial charge on any atom is -0.477 e. The summed E-state index contributed by atoms with van der Waals surface area (Å²) in [6.07, 6.45) is 0.978. The van der Waals surface area contributed by atoms with Crippen molar-refractivity contribution in [3.8, 4) is 5.69 Å². The number of hydrogen-bond acceptors (Lipinski definition) is 4. The van der Waals surface area contributed by atoms with Gasteiger partial charge < -0.3 is 19.9 Å². The summed E-state index contributed by atoms with van der Waals surface area (Å²) < 4.78 is 44.0. The lowest BCUT2D eigenvalue weighted by molar-refractivity contribution is 0.0695. The second kappa shape index (κ2) is 7.49. The van der Waals surface area contributed by atoms with Crippen LogP contribution in [0.3, 0.4) is 0 Å². The van der Waals surface area contributed by atoms with Crippen LogP contribution in [0.15, 0.2) is 41.3 Å². The van der Waals surface area contributed by atoms with E-state index in [0.29, 0.717) is 25.7 Å². The maximum atomic E-state index is 15.0. The van der Waals surface area contributed by atoms with E-state index in [0.717, 1.165) is 29.0 Å². The number of halogens is 3. The quantitative estimate of drug-likeness (QED) is 0.686. The second-order valence-electron chi connectivity index (χ2n) is 7.21. The molecule has 1 saturated heterocycles. The topological polar surface area (TPSA) is 74.6 Å². The van der Waals surface area contributed by atoms with Gasteiger partial charge in [0.25, 0.3) is 0 Å². The Morgan fingerprint density at radius 3 is 2.53 bits per heavy atom. The highest BCUT2D eigenvalue weighted by Gasteiger charge is 2.24. The summed E-state index contributed by atoms with van der Waals surface area (Å²) in [5, 5.41) is 12.4. The van der Waals surface area contributed by atoms with E-state index in [1.807, 2.05) is 11.8 Å². The molecule has 156 valence electrons. The lowest BCUT2D eigenvalue weighted by atomic mass is 10.1. The number of anilines is 1. The Morgan fingerprint density at radius 1 is 1.13 bits per heavy atom. The van der Waals surface area contributed by atoms with Gasteiger partial charge in [0.1, 0.15) is 23.0 Å². The predicted octanol–water partition coefficient (Wildman–Crippen LogP) is 2.90. The molecule has 1 unspecified atom stereocenters. The zero-order valence-corrected chi connectivity index (χ0v) is 16.0. The molecule has 0 aliphatic carbocycles. The van der Waals surface area contributed by atoms with Gasteiger partial charge in [-0.1, -0.05) is 0 Å². The van der Waals surface area contributed by atoms with Crippen LogP contribution in [0.2, 0.25) is 0 Å². The first-order valence-electron chi connectivity index (χ1n) is 9.33. The Bertz CT molecular complexity index is 1230. The van der Waals surface area contributed by atoms with Crippen molar-refractivity contribution in [3.63, 3.8) is 0 Å². The lowest BCUT2D eigenvalue weighted by Crippen LogP contribution is -2.50. The van der Waals surface area contributed by atoms with Crippen molar-refractivity contribution in [3.05, 3.63) is 69.8 Å². The van der Waals surface area contributed by atoms with E-state index < -0.39 is 34.4 Å². The molecule has 30 heavy (non-hydrogen) atoms. The fourth-order valence-electron chi connectivity index (χ4n) is 3.78. The summed E-state index contributed by atoms with van der Waals surface area (Å²) in [6.45, 7) is 3.70. The molecular weight excluding hydrogens is 399 g/mol. The van der Waals surface area contributed by atoms with Crippen molar-refractivity contribution in [1.29, 1.82) is 0 Å². The number of aromatic carboxylic acids is 1. The number of hydrogen-bond donors (Lipinski definition) is 2. The molecule has 1 aromatic heterocycles. The van der Waals surface area contributed by atoms with Crippen LogP contribution in [-0.2, 0) is 0 Å². The summed E-state index contributed by atoms with van der Waals surface area (Å²) >= 11 is 0. The van der Waals surface area contributed by atoms with Gasteiger partial charge in [-0.3, -0.25) is 4.79 Å². The van der Waals surface area contributed by atoms with Gasteiger partial charge in [-0.15, -0.1) is 0 Å². The molecule has 1 atom stereocenters. The predicted molar refractivity (Wildman–Crippen MR) is 106 cm³/mol. The smallest absolute Gasteiger partial charge is 0.341 e. The van der Waals surface area contributed by atoms with E-state index in [9.17, 15) is 27.9 Å². The van der Waals surface area contributed by atoms with Crippen molar-refractivity contribution in [2.24, 2.45) is 0 Å². The van der Waals surface area contributed by atoms with Gasteiger partial charge in [0.15, 0.2) is 0 Å². The summed E-state index contributed by atoms with van der Waals surface area (Å²) in [7, 11) is 0. The number of nitrogens with one attached hydrogen (secondary N) is 1. The van der Waals surface area contributed by atoms with E-state index in [-0.39, 0.29) is 28.3 Å². The summed E-state index contributed by atoms with van der Waals surface area (Å²) in [4.78, 5) is 26.0. The lowest BCUT2D eigenvalue weighted by Gasteiger charge is -2.36. The van der Waals surface area contributed by atoms with E-state index in [2.05, 4.69) is 5.32 Å². The Hall–Kier alpha value is -3.33. The molecule has 3 aromatic rings. The van der Waals surface area contributed by atoms with Crippen LogP contribution in [0.25, 0.3) is 16.6 Å². The molecule has 1 aliphatic rings. The van der Waals surface area contributed by atoms with Crippen LogP contribution >= 0.6 is 0 Å². The van der Waals surface area contributed by atoms with Gasteiger partial charge in [0.2, 0.25) is 5.43 Å². The molecule has 2 N–H and O–H groups in total. The van der Waals surface area contributed by atoms with Gasteiger partial charge in [-0.25, -0.2) is 18.0 Å². The van der Waals surface area contributed by atoms with Crippen molar-refractivity contribution in [2.75, 3.05) is 24.5 Å². The molecule has 2 aromatic carbocycles. The highest BCUT2D eigenvalue weighted by molar-refractivity contribution is 5.94. The molecule has 2 heterocycles. The molecule has 6 nitrogen and oxygen atoms in total. The fourth-order valence-corrected chi connectivity index (χ4v) is 3.78. The molecular formula is C21H18F3N3O3. The number of nitrogens with zero attached hydrogens (tertiary/aromatic N) is 2. The molecule has 1 aliphatic heterocycles. The number of aromatic nitrogens is 1. The van der Waals surface area contributed by atoms with Crippen LogP contribution in [0.1, 0.15) is 17.3 Å². The molecule has 0 bridgehead atoms. The Kier molecular flexibility index (Phi) is 4.98. The van der Waals surface area contributed by atoms with E-state index >= 15 is 0 Å². The second-order valence-corrected chi connectivity index (χ2v) is 7.21. The Morgan fingerprint density at radius 2 is 1.87 bits per heavy atom. The maximum Gasteiger partial charge on any atom is 0.341 e. The zero-order valence-electron chi connectivity index (χ0n) is 16.0. The van der Waals surface area contributed by atoms with Crippen molar-refractivity contribution in [2.45, 2.75) is 13.0 Å². The molecule has 9 heteroatoms. The number of pyridine rings is 1. The number of carboxylic acids is 1. The maximum absolute atomic E-state index is 15.0. The number of carbonyl (C=O) groups is 1. The van der Waals surface area contributed by atoms with Gasteiger partial charge >= 0.3 is 5.97 Å². The first-order chi connectivity index (χ1) is 14.3. The normalized spacial score (nSPS) is 16.8. The SMILES string of the molecule is CC1CNCCN1c1cc2c(cc1F)c(=O)c(C(=O)O)cn2-c1ccc(F)cc1F. The number of rotatable bonds is 3. The largest absolute Gasteiger partial charge is 0.477 e. The number of fused-ring (bicyclic) bond motifs is 1. The molecule has 0 saturated carbocycles. The third-order valence-electron chi connectivity index (χ3n) is 5.28. The summed E-state index contributed by atoms with van der Waals surface area (Å²) in [5.74, 6) is -3.96. The Balaban J connectivity index is 2.05. The van der Waals surface area contributed by atoms with Crippen molar-refractivity contribution >= 4 is 22.6 Å². The summed E-state index contributed by atoms with van der Waals surface area (Å²) in [6, 6.07) is 5.16. The monoisotopic (exact) mass is 417 g/mol. The van der Waals surface area contributed by atoms with Crippen LogP contribution in [0, 0.1) is 17.5 Å². The standard InChI is InChI=1S/C21H18F3N3O3/c1-11-9-25-4-5-26(11)19-8-18-13(7-16(19)24)20(28)14(21(29)30)10-27(18)17-3-2-12(22)6-15(17)23/h2-3,6-8,10-11,25H,4-5,9H2,1H3,(H,29,30). The average Bonchev–Trinajstić information content (AvgIpc) is 2.69. The van der Waals surface area contributed by atoms with E-state index in [1.165, 1.54) is 6.07 Å². The minimum atomic E-state index is -1.53. The van der Waals surface area contributed by atoms with Crippen molar-refractivity contribution in [1.82, 2.24) is 9.88 Å². The molecule has 0 radical (unpaired) electrons. The summed E-state index contributed by atoms with van der Waals surface area (Å²) in [5.41, 5.74) is -1.34.